The van der Waals surface area contributed by atoms with Gasteiger partial charge in [-0.05, 0) is 102 Å². The lowest BCUT2D eigenvalue weighted by Gasteiger charge is -2.35. The minimum atomic E-state index is -1.51. The second-order valence-corrected chi connectivity index (χ2v) is 17.7. The molecule has 0 fully saturated rings. The van der Waals surface area contributed by atoms with Crippen molar-refractivity contribution in [1.82, 2.24) is 0 Å². The van der Waals surface area contributed by atoms with Gasteiger partial charge in [-0.1, -0.05) is 23.3 Å². The van der Waals surface area contributed by atoms with Crippen molar-refractivity contribution in [3.05, 3.63) is 23.3 Å². The van der Waals surface area contributed by atoms with E-state index in [0.717, 1.165) is 0 Å². The van der Waals surface area contributed by atoms with Crippen LogP contribution in [0.25, 0.3) is 0 Å². The zero-order valence-electron chi connectivity index (χ0n) is 16.0. The third kappa shape index (κ3) is 7.53. The van der Waals surface area contributed by atoms with Gasteiger partial charge < -0.3 is 4.12 Å². The summed E-state index contributed by atoms with van der Waals surface area (Å²) in [7, 11) is -3.02. The molecule has 2 aliphatic rings. The summed E-state index contributed by atoms with van der Waals surface area (Å²) in [5.41, 5.74) is 3.43. The highest BCUT2D eigenvalue weighted by Crippen LogP contribution is 2.30. The lowest BCUT2D eigenvalue weighted by atomic mass is 9.98. The zero-order valence-corrected chi connectivity index (χ0v) is 18.0. The van der Waals surface area contributed by atoms with Crippen LogP contribution in [-0.4, -0.2) is 16.6 Å². The summed E-state index contributed by atoms with van der Waals surface area (Å²) in [4.78, 5) is 0. The molecule has 0 atom stereocenters. The van der Waals surface area contributed by atoms with E-state index >= 15 is 0 Å². The van der Waals surface area contributed by atoms with E-state index < -0.39 is 16.6 Å². The van der Waals surface area contributed by atoms with Crippen LogP contribution in [0.15, 0.2) is 23.3 Å². The molecule has 2 aliphatic carbocycles. The summed E-state index contributed by atoms with van der Waals surface area (Å²) >= 11 is 0. The summed E-state index contributed by atoms with van der Waals surface area (Å²) < 4.78 is 6.83. The molecular formula is C20H38OSi2. The molecule has 0 bridgehead atoms. The van der Waals surface area contributed by atoms with E-state index in [-0.39, 0.29) is 0 Å². The van der Waals surface area contributed by atoms with Crippen LogP contribution in [0, 0.1) is 0 Å². The molecule has 0 radical (unpaired) electrons. The quantitative estimate of drug-likeness (QED) is 0.332. The van der Waals surface area contributed by atoms with Gasteiger partial charge in [0.2, 0.25) is 0 Å². The molecule has 0 aromatic heterocycles. The molecule has 0 spiro atoms. The van der Waals surface area contributed by atoms with Gasteiger partial charge in [-0.15, -0.1) is 0 Å². The first-order valence-electron chi connectivity index (χ1n) is 9.92. The summed E-state index contributed by atoms with van der Waals surface area (Å²) in [6.45, 7) is 9.80. The van der Waals surface area contributed by atoms with E-state index in [1.807, 2.05) is 0 Å². The second kappa shape index (κ2) is 8.82. The first-order valence-corrected chi connectivity index (χ1v) is 16.2. The highest BCUT2D eigenvalue weighted by molar-refractivity contribution is 6.84. The predicted octanol–water partition coefficient (Wildman–Crippen LogP) is 7.19. The van der Waals surface area contributed by atoms with E-state index in [9.17, 15) is 0 Å². The van der Waals surface area contributed by atoms with Gasteiger partial charge >= 0.3 is 0 Å². The van der Waals surface area contributed by atoms with Gasteiger partial charge in [0.05, 0.1) is 0 Å². The van der Waals surface area contributed by atoms with Crippen molar-refractivity contribution in [1.29, 1.82) is 0 Å². The van der Waals surface area contributed by atoms with Gasteiger partial charge in [0, 0.05) is 0 Å². The molecule has 2 rings (SSSR count). The average molecular weight is 351 g/mol. The number of allylic oxidation sites excluding steroid dienone is 4. The minimum absolute atomic E-state index is 1.30. The highest BCUT2D eigenvalue weighted by atomic mass is 28.4. The summed E-state index contributed by atoms with van der Waals surface area (Å²) in [5.74, 6) is 0. The first kappa shape index (κ1) is 19.2. The van der Waals surface area contributed by atoms with E-state index in [1.165, 1.54) is 76.3 Å². The van der Waals surface area contributed by atoms with Crippen molar-refractivity contribution in [2.75, 3.05) is 0 Å². The second-order valence-electron chi connectivity index (χ2n) is 8.84. The Morgan fingerprint density at radius 2 is 1.17 bits per heavy atom. The molecule has 0 unspecified atom stereocenters. The molecule has 0 saturated heterocycles. The van der Waals surface area contributed by atoms with Crippen LogP contribution in [0.5, 0.6) is 0 Å². The lowest BCUT2D eigenvalue weighted by Crippen LogP contribution is -2.44. The maximum Gasteiger partial charge on any atom is 0.173 e. The van der Waals surface area contributed by atoms with Crippen molar-refractivity contribution in [3.8, 4) is 0 Å². The Labute approximate surface area is 146 Å². The Morgan fingerprint density at radius 1 is 0.739 bits per heavy atom. The van der Waals surface area contributed by atoms with Gasteiger partial charge in [-0.2, -0.15) is 0 Å². The molecule has 132 valence electrons. The van der Waals surface area contributed by atoms with Crippen LogP contribution in [0.1, 0.15) is 64.2 Å². The number of hydrogen-bond acceptors (Lipinski definition) is 1. The number of hydrogen-bond donors (Lipinski definition) is 0. The molecule has 0 saturated carbocycles. The minimum Gasteiger partial charge on any atom is -0.455 e. The van der Waals surface area contributed by atoms with Crippen LogP contribution in [-0.2, 0) is 4.12 Å². The van der Waals surface area contributed by atoms with E-state index in [1.54, 1.807) is 11.1 Å². The van der Waals surface area contributed by atoms with Crippen LogP contribution in [0.4, 0.5) is 0 Å². The van der Waals surface area contributed by atoms with Crippen molar-refractivity contribution in [3.63, 3.8) is 0 Å². The molecule has 1 nitrogen and oxygen atoms in total. The summed E-state index contributed by atoms with van der Waals surface area (Å²) in [5, 5.41) is 0. The van der Waals surface area contributed by atoms with Crippen LogP contribution in [0.2, 0.25) is 38.3 Å². The average Bonchev–Trinajstić information content (AvgIpc) is 2.52. The molecule has 3 heteroatoms. The summed E-state index contributed by atoms with van der Waals surface area (Å²) in [6.07, 6.45) is 18.5. The Bertz CT molecular complexity index is 395. The van der Waals surface area contributed by atoms with Crippen LogP contribution < -0.4 is 0 Å². The molecule has 0 N–H and O–H groups in total. The molecule has 0 amide bonds. The molecule has 0 aromatic carbocycles. The summed E-state index contributed by atoms with van der Waals surface area (Å²) in [6, 6.07) is 2.63. The highest BCUT2D eigenvalue weighted by Gasteiger charge is 2.32. The van der Waals surface area contributed by atoms with Crippen molar-refractivity contribution in [2.24, 2.45) is 0 Å². The van der Waals surface area contributed by atoms with Crippen LogP contribution in [0.3, 0.4) is 0 Å². The van der Waals surface area contributed by atoms with Gasteiger partial charge in [-0.25, -0.2) is 0 Å². The Balaban J connectivity index is 1.77. The van der Waals surface area contributed by atoms with E-state index in [4.69, 9.17) is 4.12 Å². The normalized spacial score (nSPS) is 20.2. The zero-order chi connectivity index (χ0) is 16.8. The van der Waals surface area contributed by atoms with E-state index in [0.29, 0.717) is 0 Å². The standard InChI is InChI=1S/C20H38OSi2/c1-22(2,17-15-19-11-7-5-8-12-19)21-23(3,4)18-16-20-13-9-6-10-14-20/h11,13H,5-10,12,14-18H2,1-4H3. The Kier molecular flexibility index (Phi) is 7.36. The maximum absolute atomic E-state index is 6.83. The fourth-order valence-electron chi connectivity index (χ4n) is 4.04. The molecule has 0 aliphatic heterocycles. The van der Waals surface area contributed by atoms with Gasteiger partial charge in [0.1, 0.15) is 0 Å². The Hall–Kier alpha value is -0.126. The van der Waals surface area contributed by atoms with Gasteiger partial charge in [-0.3, -0.25) is 0 Å². The SMILES string of the molecule is C[Si](C)(CCC1=CCCCC1)O[Si](C)(C)CCC1=CCCCC1. The third-order valence-corrected chi connectivity index (χ3v) is 12.7. The first-order chi connectivity index (χ1) is 10.9. The van der Waals surface area contributed by atoms with Crippen molar-refractivity contribution in [2.45, 2.75) is 102 Å². The molecular weight excluding hydrogens is 312 g/mol. The third-order valence-electron chi connectivity index (χ3n) is 5.42. The fourth-order valence-corrected chi connectivity index (χ4v) is 12.7. The largest absolute Gasteiger partial charge is 0.455 e. The lowest BCUT2D eigenvalue weighted by molar-refractivity contribution is 0.532. The molecule has 0 aromatic rings. The predicted molar refractivity (Wildman–Crippen MR) is 108 cm³/mol. The van der Waals surface area contributed by atoms with Gasteiger partial charge in [0.25, 0.3) is 0 Å². The Morgan fingerprint density at radius 3 is 1.52 bits per heavy atom. The smallest absolute Gasteiger partial charge is 0.173 e. The van der Waals surface area contributed by atoms with Crippen molar-refractivity contribution >= 4 is 16.6 Å². The van der Waals surface area contributed by atoms with Gasteiger partial charge in [0.15, 0.2) is 16.6 Å². The van der Waals surface area contributed by atoms with Crippen molar-refractivity contribution < 1.29 is 4.12 Å². The topological polar surface area (TPSA) is 9.23 Å². The number of rotatable bonds is 8. The van der Waals surface area contributed by atoms with E-state index in [2.05, 4.69) is 38.3 Å². The maximum atomic E-state index is 6.83. The monoisotopic (exact) mass is 350 g/mol. The molecule has 23 heavy (non-hydrogen) atoms. The molecule has 0 heterocycles. The van der Waals surface area contributed by atoms with Crippen LogP contribution >= 0.6 is 0 Å². The fraction of sp³-hybridized carbons (Fsp3) is 0.800.